The Morgan fingerprint density at radius 3 is 2.70 bits per heavy atom. The van der Waals surface area contributed by atoms with Crippen LogP contribution < -0.4 is 5.32 Å². The van der Waals surface area contributed by atoms with Crippen LogP contribution in [0.15, 0.2) is 47.1 Å². The molecule has 0 amide bonds. The fourth-order valence-corrected chi connectivity index (χ4v) is 2.48. The van der Waals surface area contributed by atoms with Crippen molar-refractivity contribution in [3.8, 4) is 0 Å². The largest absolute Gasteiger partial charge is 0.478 e. The summed E-state index contributed by atoms with van der Waals surface area (Å²) in [6.07, 6.45) is 1.38. The first-order valence-corrected chi connectivity index (χ1v) is 7.03. The highest BCUT2D eigenvalue weighted by Gasteiger charge is 2.09. The second-order valence-corrected chi connectivity index (χ2v) is 5.32. The van der Waals surface area contributed by atoms with Gasteiger partial charge < -0.3 is 10.4 Å². The molecule has 1 aromatic heterocycles. The number of rotatable bonds is 5. The predicted molar refractivity (Wildman–Crippen MR) is 80.6 cm³/mol. The molecule has 1 aromatic carbocycles. The number of hydrogen-bond donors (Lipinski definition) is 2. The lowest BCUT2D eigenvalue weighted by molar-refractivity contribution is 0.0696. The maximum Gasteiger partial charge on any atom is 0.337 e. The SMILES string of the molecule is C[C@@H](NCc1ccc(C(=O)O)cn1)c1ccccc1Br. The van der Waals surface area contributed by atoms with Gasteiger partial charge in [-0.1, -0.05) is 34.1 Å². The first-order chi connectivity index (χ1) is 9.58. The zero-order chi connectivity index (χ0) is 14.5. The third kappa shape index (κ3) is 3.65. The Kier molecular flexibility index (Phi) is 4.87. The van der Waals surface area contributed by atoms with Gasteiger partial charge in [0.25, 0.3) is 0 Å². The van der Waals surface area contributed by atoms with Crippen molar-refractivity contribution in [1.29, 1.82) is 0 Å². The van der Waals surface area contributed by atoms with Crippen LogP contribution in [0.4, 0.5) is 0 Å². The average Bonchev–Trinajstić information content (AvgIpc) is 2.45. The van der Waals surface area contributed by atoms with Crippen molar-refractivity contribution < 1.29 is 9.90 Å². The van der Waals surface area contributed by atoms with E-state index in [1.54, 1.807) is 12.1 Å². The molecule has 0 saturated carbocycles. The summed E-state index contributed by atoms with van der Waals surface area (Å²) in [4.78, 5) is 14.9. The van der Waals surface area contributed by atoms with Crippen LogP contribution in [0.5, 0.6) is 0 Å². The lowest BCUT2D eigenvalue weighted by Gasteiger charge is -2.15. The van der Waals surface area contributed by atoms with E-state index in [1.165, 1.54) is 11.8 Å². The third-order valence-electron chi connectivity index (χ3n) is 3.03. The van der Waals surface area contributed by atoms with E-state index in [-0.39, 0.29) is 11.6 Å². The molecule has 4 nitrogen and oxygen atoms in total. The van der Waals surface area contributed by atoms with Gasteiger partial charge in [0.1, 0.15) is 0 Å². The second-order valence-electron chi connectivity index (χ2n) is 4.47. The summed E-state index contributed by atoms with van der Waals surface area (Å²) in [5, 5.41) is 12.2. The van der Waals surface area contributed by atoms with Crippen LogP contribution in [0.3, 0.4) is 0 Å². The number of carboxylic acid groups (broad SMARTS) is 1. The molecule has 1 heterocycles. The molecule has 104 valence electrons. The smallest absolute Gasteiger partial charge is 0.337 e. The number of nitrogens with zero attached hydrogens (tertiary/aromatic N) is 1. The Balaban J connectivity index is 1.98. The number of hydrogen-bond acceptors (Lipinski definition) is 3. The normalized spacial score (nSPS) is 12.1. The minimum Gasteiger partial charge on any atom is -0.478 e. The summed E-state index contributed by atoms with van der Waals surface area (Å²) >= 11 is 3.53. The molecular formula is C15H15BrN2O2. The van der Waals surface area contributed by atoms with Crippen molar-refractivity contribution in [3.05, 3.63) is 63.9 Å². The number of pyridine rings is 1. The van der Waals surface area contributed by atoms with Crippen molar-refractivity contribution in [2.45, 2.75) is 19.5 Å². The molecule has 20 heavy (non-hydrogen) atoms. The Labute approximate surface area is 126 Å². The first kappa shape index (κ1) is 14.7. The summed E-state index contributed by atoms with van der Waals surface area (Å²) in [6.45, 7) is 2.66. The number of halogens is 1. The van der Waals surface area contributed by atoms with Crippen LogP contribution in [-0.4, -0.2) is 16.1 Å². The first-order valence-electron chi connectivity index (χ1n) is 6.24. The zero-order valence-electron chi connectivity index (χ0n) is 11.0. The molecule has 0 fully saturated rings. The summed E-state index contributed by atoms with van der Waals surface area (Å²) in [7, 11) is 0. The van der Waals surface area contributed by atoms with Gasteiger partial charge in [0.15, 0.2) is 0 Å². The summed E-state index contributed by atoms with van der Waals surface area (Å²) in [5.41, 5.74) is 2.19. The fourth-order valence-electron chi connectivity index (χ4n) is 1.85. The molecule has 0 spiro atoms. The number of carboxylic acids is 1. The molecule has 0 aliphatic rings. The van der Waals surface area contributed by atoms with Gasteiger partial charge in [0.2, 0.25) is 0 Å². The average molecular weight is 335 g/mol. The van der Waals surface area contributed by atoms with E-state index in [4.69, 9.17) is 5.11 Å². The monoisotopic (exact) mass is 334 g/mol. The van der Waals surface area contributed by atoms with E-state index in [0.29, 0.717) is 6.54 Å². The minimum atomic E-state index is -0.960. The fraction of sp³-hybridized carbons (Fsp3) is 0.200. The molecule has 0 radical (unpaired) electrons. The summed E-state index contributed by atoms with van der Waals surface area (Å²) in [5.74, 6) is -0.960. The molecule has 0 aliphatic heterocycles. The highest BCUT2D eigenvalue weighted by molar-refractivity contribution is 9.10. The van der Waals surface area contributed by atoms with E-state index in [9.17, 15) is 4.79 Å². The van der Waals surface area contributed by atoms with Crippen molar-refractivity contribution >= 4 is 21.9 Å². The van der Waals surface area contributed by atoms with Crippen LogP contribution in [0, 0.1) is 0 Å². The number of nitrogens with one attached hydrogen (secondary N) is 1. The van der Waals surface area contributed by atoms with Gasteiger partial charge in [-0.2, -0.15) is 0 Å². The standard InChI is InChI=1S/C15H15BrN2O2/c1-10(13-4-2-3-5-14(13)16)17-9-12-7-6-11(8-18-12)15(19)20/h2-8,10,17H,9H2,1H3,(H,19,20)/t10-/m1/s1. The van der Waals surface area contributed by atoms with Gasteiger partial charge in [0, 0.05) is 23.3 Å². The van der Waals surface area contributed by atoms with Crippen molar-refractivity contribution in [3.63, 3.8) is 0 Å². The highest BCUT2D eigenvalue weighted by atomic mass is 79.9. The Hall–Kier alpha value is -1.72. The number of aromatic carboxylic acids is 1. The van der Waals surface area contributed by atoms with E-state index in [2.05, 4.69) is 39.2 Å². The van der Waals surface area contributed by atoms with Crippen molar-refractivity contribution in [2.75, 3.05) is 0 Å². The lowest BCUT2D eigenvalue weighted by Crippen LogP contribution is -2.19. The Bertz CT molecular complexity index is 599. The third-order valence-corrected chi connectivity index (χ3v) is 3.75. The summed E-state index contributed by atoms with van der Waals surface area (Å²) < 4.78 is 1.06. The van der Waals surface area contributed by atoms with Crippen LogP contribution in [0.2, 0.25) is 0 Å². The molecular weight excluding hydrogens is 320 g/mol. The van der Waals surface area contributed by atoms with Gasteiger partial charge in [0.05, 0.1) is 11.3 Å². The van der Waals surface area contributed by atoms with Crippen LogP contribution in [-0.2, 0) is 6.54 Å². The second kappa shape index (κ2) is 6.63. The van der Waals surface area contributed by atoms with E-state index < -0.39 is 5.97 Å². The molecule has 0 bridgehead atoms. The van der Waals surface area contributed by atoms with Crippen molar-refractivity contribution in [2.24, 2.45) is 0 Å². The van der Waals surface area contributed by atoms with E-state index in [1.807, 2.05) is 18.2 Å². The van der Waals surface area contributed by atoms with E-state index >= 15 is 0 Å². The molecule has 0 unspecified atom stereocenters. The van der Waals surface area contributed by atoms with Gasteiger partial charge in [-0.3, -0.25) is 4.98 Å². The maximum atomic E-state index is 10.7. The zero-order valence-corrected chi connectivity index (χ0v) is 12.6. The number of aromatic nitrogens is 1. The topological polar surface area (TPSA) is 62.2 Å². The van der Waals surface area contributed by atoms with Gasteiger partial charge >= 0.3 is 5.97 Å². The van der Waals surface area contributed by atoms with Gasteiger partial charge in [-0.25, -0.2) is 4.79 Å². The molecule has 2 rings (SSSR count). The van der Waals surface area contributed by atoms with Crippen LogP contribution in [0.1, 0.15) is 34.6 Å². The highest BCUT2D eigenvalue weighted by Crippen LogP contribution is 2.22. The molecule has 1 atom stereocenters. The van der Waals surface area contributed by atoms with Gasteiger partial charge in [-0.05, 0) is 30.7 Å². The number of carbonyl (C=O) groups is 1. The lowest BCUT2D eigenvalue weighted by atomic mass is 10.1. The minimum absolute atomic E-state index is 0.173. The van der Waals surface area contributed by atoms with Crippen LogP contribution in [0.25, 0.3) is 0 Å². The molecule has 2 aromatic rings. The van der Waals surface area contributed by atoms with Gasteiger partial charge in [-0.15, -0.1) is 0 Å². The van der Waals surface area contributed by atoms with Crippen LogP contribution >= 0.6 is 15.9 Å². The maximum absolute atomic E-state index is 10.7. The summed E-state index contributed by atoms with van der Waals surface area (Å²) in [6, 6.07) is 11.5. The quantitative estimate of drug-likeness (QED) is 0.879. The molecule has 5 heteroatoms. The number of benzene rings is 1. The Morgan fingerprint density at radius 1 is 1.35 bits per heavy atom. The van der Waals surface area contributed by atoms with E-state index in [0.717, 1.165) is 10.2 Å². The Morgan fingerprint density at radius 2 is 2.10 bits per heavy atom. The van der Waals surface area contributed by atoms with Crippen molar-refractivity contribution in [1.82, 2.24) is 10.3 Å². The molecule has 0 aliphatic carbocycles. The molecule has 0 saturated heterocycles. The predicted octanol–water partition coefficient (Wildman–Crippen LogP) is 3.39. The molecule has 2 N–H and O–H groups in total.